The third-order valence-electron chi connectivity index (χ3n) is 5.15. The number of thiophene rings is 1. The number of ether oxygens (including phenoxy) is 1. The van der Waals surface area contributed by atoms with Crippen LogP contribution in [0.25, 0.3) is 32.1 Å². The van der Waals surface area contributed by atoms with Gasteiger partial charge in [-0.15, -0.1) is 21.5 Å². The number of rotatable bonds is 4. The SMILES string of the molecule is FC(F)(F)C(F)(F)c1ccccc1Oc1nnc(-c2cccs2)c2cc3ccccc3cc12. The molecule has 5 aromatic rings. The molecule has 0 unspecified atom stereocenters. The Morgan fingerprint density at radius 3 is 2.06 bits per heavy atom. The summed E-state index contributed by atoms with van der Waals surface area (Å²) in [6.45, 7) is 0. The number of halogens is 5. The number of hydrogen-bond donors (Lipinski definition) is 0. The fourth-order valence-electron chi connectivity index (χ4n) is 3.56. The van der Waals surface area contributed by atoms with Crippen molar-refractivity contribution in [1.29, 1.82) is 0 Å². The predicted molar refractivity (Wildman–Crippen MR) is 117 cm³/mol. The van der Waals surface area contributed by atoms with Crippen molar-refractivity contribution in [2.45, 2.75) is 12.1 Å². The molecule has 0 atom stereocenters. The van der Waals surface area contributed by atoms with Crippen molar-refractivity contribution in [2.75, 3.05) is 0 Å². The van der Waals surface area contributed by atoms with Gasteiger partial charge in [0.25, 0.3) is 0 Å². The Bertz CT molecular complexity index is 1470. The van der Waals surface area contributed by atoms with Crippen LogP contribution in [-0.2, 0) is 5.92 Å². The lowest BCUT2D eigenvalue weighted by molar-refractivity contribution is -0.289. The van der Waals surface area contributed by atoms with Gasteiger partial charge in [0.1, 0.15) is 11.4 Å². The molecule has 3 nitrogen and oxygen atoms in total. The van der Waals surface area contributed by atoms with Gasteiger partial charge < -0.3 is 4.74 Å². The zero-order chi connectivity index (χ0) is 23.2. The summed E-state index contributed by atoms with van der Waals surface area (Å²) in [4.78, 5) is 0.832. The summed E-state index contributed by atoms with van der Waals surface area (Å²) in [5, 5.41) is 13.0. The first-order valence-electron chi connectivity index (χ1n) is 9.70. The first-order chi connectivity index (χ1) is 15.8. The second-order valence-electron chi connectivity index (χ2n) is 7.25. The van der Waals surface area contributed by atoms with E-state index < -0.39 is 23.4 Å². The van der Waals surface area contributed by atoms with E-state index in [0.717, 1.165) is 27.8 Å². The predicted octanol–water partition coefficient (Wildman–Crippen LogP) is 7.96. The Labute approximate surface area is 188 Å². The number of hydrogen-bond acceptors (Lipinski definition) is 4. The first-order valence-corrected chi connectivity index (χ1v) is 10.6. The van der Waals surface area contributed by atoms with Crippen molar-refractivity contribution >= 4 is 32.9 Å². The number of para-hydroxylation sites is 1. The minimum Gasteiger partial charge on any atom is -0.437 e. The van der Waals surface area contributed by atoms with Crippen molar-refractivity contribution < 1.29 is 26.7 Å². The van der Waals surface area contributed by atoms with Gasteiger partial charge in [-0.05, 0) is 46.5 Å². The van der Waals surface area contributed by atoms with E-state index in [1.165, 1.54) is 17.4 Å². The molecular formula is C24H13F5N2OS. The molecule has 0 aliphatic rings. The normalized spacial score (nSPS) is 12.4. The van der Waals surface area contributed by atoms with Crippen molar-refractivity contribution in [3.63, 3.8) is 0 Å². The highest BCUT2D eigenvalue weighted by Gasteiger charge is 2.60. The van der Waals surface area contributed by atoms with Crippen LogP contribution in [0.3, 0.4) is 0 Å². The molecule has 0 fully saturated rings. The number of fused-ring (bicyclic) bond motifs is 2. The van der Waals surface area contributed by atoms with Crippen LogP contribution in [0.15, 0.2) is 78.2 Å². The lowest BCUT2D eigenvalue weighted by Gasteiger charge is -2.22. The van der Waals surface area contributed by atoms with E-state index in [1.807, 2.05) is 47.8 Å². The highest BCUT2D eigenvalue weighted by molar-refractivity contribution is 7.13. The molecule has 0 saturated carbocycles. The van der Waals surface area contributed by atoms with E-state index in [1.54, 1.807) is 6.07 Å². The van der Waals surface area contributed by atoms with E-state index in [0.29, 0.717) is 22.5 Å². The van der Waals surface area contributed by atoms with Crippen LogP contribution in [0, 0.1) is 0 Å². The second kappa shape index (κ2) is 7.77. The Morgan fingerprint density at radius 1 is 0.727 bits per heavy atom. The molecule has 0 amide bonds. The van der Waals surface area contributed by atoms with Crippen LogP contribution in [0.2, 0.25) is 0 Å². The van der Waals surface area contributed by atoms with Crippen LogP contribution in [0.5, 0.6) is 11.6 Å². The first kappa shape index (κ1) is 21.3. The lowest BCUT2D eigenvalue weighted by Crippen LogP contribution is -2.33. The summed E-state index contributed by atoms with van der Waals surface area (Å²) in [5.74, 6) is -5.91. The molecular weight excluding hydrogens is 459 g/mol. The summed E-state index contributed by atoms with van der Waals surface area (Å²) >= 11 is 1.45. The maximum absolute atomic E-state index is 14.2. The van der Waals surface area contributed by atoms with Crippen LogP contribution >= 0.6 is 11.3 Å². The molecule has 2 heterocycles. The molecule has 0 aliphatic heterocycles. The number of aromatic nitrogens is 2. The van der Waals surface area contributed by atoms with Crippen molar-refractivity contribution in [2.24, 2.45) is 0 Å². The largest absolute Gasteiger partial charge is 0.458 e. The molecule has 0 bridgehead atoms. The third-order valence-corrected chi connectivity index (χ3v) is 6.03. The van der Waals surface area contributed by atoms with Gasteiger partial charge in [-0.2, -0.15) is 22.0 Å². The van der Waals surface area contributed by atoms with Crippen LogP contribution in [-0.4, -0.2) is 16.4 Å². The molecule has 0 radical (unpaired) electrons. The standard InChI is InChI=1S/C24H13F5N2OS/c25-23(26,24(27,28)29)18-8-3-4-9-19(18)32-22-17-13-15-7-2-1-6-14(15)12-16(17)21(30-31-22)20-10-5-11-33-20/h1-13H. The average Bonchev–Trinajstić information content (AvgIpc) is 3.32. The topological polar surface area (TPSA) is 35.0 Å². The third kappa shape index (κ3) is 3.68. The molecule has 166 valence electrons. The molecule has 0 saturated heterocycles. The molecule has 5 rings (SSSR count). The Kier molecular flexibility index (Phi) is 5.01. The van der Waals surface area contributed by atoms with Gasteiger partial charge in [0.15, 0.2) is 0 Å². The summed E-state index contributed by atoms with van der Waals surface area (Å²) in [6.07, 6.45) is -5.78. The van der Waals surface area contributed by atoms with Gasteiger partial charge in [-0.3, -0.25) is 0 Å². The maximum Gasteiger partial charge on any atom is 0.458 e. The Morgan fingerprint density at radius 2 is 1.39 bits per heavy atom. The van der Waals surface area contributed by atoms with E-state index in [9.17, 15) is 22.0 Å². The quantitative estimate of drug-likeness (QED) is 0.197. The Balaban J connectivity index is 1.71. The van der Waals surface area contributed by atoms with Crippen molar-refractivity contribution in [3.05, 3.63) is 83.7 Å². The number of benzene rings is 3. The maximum atomic E-state index is 14.2. The van der Waals surface area contributed by atoms with Gasteiger partial charge >= 0.3 is 12.1 Å². The molecule has 0 N–H and O–H groups in total. The zero-order valence-corrected chi connectivity index (χ0v) is 17.4. The average molecular weight is 472 g/mol. The highest BCUT2D eigenvalue weighted by Crippen LogP contribution is 2.48. The van der Waals surface area contributed by atoms with Gasteiger partial charge in [0.2, 0.25) is 5.88 Å². The van der Waals surface area contributed by atoms with E-state index in [2.05, 4.69) is 10.2 Å². The molecule has 33 heavy (non-hydrogen) atoms. The summed E-state index contributed by atoms with van der Waals surface area (Å²) in [6, 6.07) is 19.0. The van der Waals surface area contributed by atoms with Gasteiger partial charge in [0, 0.05) is 10.8 Å². The van der Waals surface area contributed by atoms with Crippen molar-refractivity contribution in [1.82, 2.24) is 10.2 Å². The van der Waals surface area contributed by atoms with Gasteiger partial charge in [-0.25, -0.2) is 0 Å². The smallest absolute Gasteiger partial charge is 0.437 e. The van der Waals surface area contributed by atoms with E-state index in [-0.39, 0.29) is 5.88 Å². The minimum atomic E-state index is -5.78. The van der Waals surface area contributed by atoms with Crippen molar-refractivity contribution in [3.8, 4) is 22.2 Å². The highest BCUT2D eigenvalue weighted by atomic mass is 32.1. The lowest BCUT2D eigenvalue weighted by atomic mass is 10.0. The second-order valence-corrected chi connectivity index (χ2v) is 8.19. The fraction of sp³-hybridized carbons (Fsp3) is 0.0833. The van der Waals surface area contributed by atoms with Crippen LogP contribution < -0.4 is 4.74 Å². The number of nitrogens with zero attached hydrogens (tertiary/aromatic N) is 2. The molecule has 3 aromatic carbocycles. The van der Waals surface area contributed by atoms with Gasteiger partial charge in [-0.1, -0.05) is 42.5 Å². The van der Waals surface area contributed by atoms with Crippen LogP contribution in [0.1, 0.15) is 5.56 Å². The molecule has 9 heteroatoms. The summed E-state index contributed by atoms with van der Waals surface area (Å²) < 4.78 is 73.0. The Hall–Kier alpha value is -3.59. The van der Waals surface area contributed by atoms with Gasteiger partial charge in [0.05, 0.1) is 10.4 Å². The monoisotopic (exact) mass is 472 g/mol. The minimum absolute atomic E-state index is 0.165. The zero-order valence-electron chi connectivity index (χ0n) is 16.6. The molecule has 0 aliphatic carbocycles. The molecule has 0 spiro atoms. The van der Waals surface area contributed by atoms with Crippen LogP contribution in [0.4, 0.5) is 22.0 Å². The summed E-state index contributed by atoms with van der Waals surface area (Å²) in [5.41, 5.74) is -0.734. The summed E-state index contributed by atoms with van der Waals surface area (Å²) in [7, 11) is 0. The number of alkyl halides is 5. The fourth-order valence-corrected chi connectivity index (χ4v) is 4.28. The van der Waals surface area contributed by atoms with E-state index >= 15 is 0 Å². The molecule has 2 aromatic heterocycles. The van der Waals surface area contributed by atoms with E-state index in [4.69, 9.17) is 4.74 Å².